The number of hydrogen-bond donors (Lipinski definition) is 0. The fourth-order valence-corrected chi connectivity index (χ4v) is 3.08. The van der Waals surface area contributed by atoms with Gasteiger partial charge in [-0.1, -0.05) is 49.9 Å². The highest BCUT2D eigenvalue weighted by molar-refractivity contribution is 6.52. The van der Waals surface area contributed by atoms with Gasteiger partial charge >= 0.3 is 0 Å². The van der Waals surface area contributed by atoms with Crippen LogP contribution < -0.4 is 0 Å². The van der Waals surface area contributed by atoms with Crippen LogP contribution in [0.1, 0.15) is 60.9 Å². The summed E-state index contributed by atoms with van der Waals surface area (Å²) < 4.78 is 5.93. The quantitative estimate of drug-likeness (QED) is 0.678. The molecule has 0 aromatic heterocycles. The highest BCUT2D eigenvalue weighted by Crippen LogP contribution is 2.33. The first-order valence-corrected chi connectivity index (χ1v) is 7.83. The zero-order chi connectivity index (χ0) is 14.7. The van der Waals surface area contributed by atoms with Gasteiger partial charge in [-0.25, -0.2) is 0 Å². The van der Waals surface area contributed by atoms with Crippen molar-refractivity contribution < 1.29 is 14.3 Å². The molecular formula is C18H20O3. The lowest BCUT2D eigenvalue weighted by Gasteiger charge is -2.21. The number of rotatable bonds is 0. The first-order chi connectivity index (χ1) is 10.3. The van der Waals surface area contributed by atoms with E-state index in [0.717, 1.165) is 31.2 Å². The lowest BCUT2D eigenvalue weighted by molar-refractivity contribution is -0.112. The molecule has 1 aliphatic heterocycles. The minimum absolute atomic E-state index is 0.372. The monoisotopic (exact) mass is 284 g/mol. The fraction of sp³-hybridized carbons (Fsp3) is 0.444. The molecule has 3 heteroatoms. The number of benzene rings is 1. The molecule has 0 unspecified atom stereocenters. The summed E-state index contributed by atoms with van der Waals surface area (Å²) in [6.07, 6.45) is 7.29. The van der Waals surface area contributed by atoms with E-state index in [1.807, 2.05) is 12.1 Å². The summed E-state index contributed by atoms with van der Waals surface area (Å²) in [7, 11) is 0. The molecule has 0 amide bonds. The molecular weight excluding hydrogens is 264 g/mol. The smallest absolute Gasteiger partial charge is 0.234 e. The molecule has 0 spiro atoms. The minimum Gasteiger partial charge on any atom is -0.493 e. The molecule has 0 N–H and O–H groups in total. The second-order valence-corrected chi connectivity index (χ2v) is 5.73. The van der Waals surface area contributed by atoms with Gasteiger partial charge in [0.25, 0.3) is 0 Å². The third-order valence-electron chi connectivity index (χ3n) is 4.24. The van der Waals surface area contributed by atoms with Crippen LogP contribution in [0.15, 0.2) is 29.8 Å². The molecule has 0 saturated heterocycles. The number of fused-ring (bicyclic) bond motifs is 2. The SMILES string of the molecule is O=C1C(=O)c2ccccc2C2=C1CCCCCCCCO2. The molecule has 3 rings (SSSR count). The van der Waals surface area contributed by atoms with Crippen LogP contribution >= 0.6 is 0 Å². The van der Waals surface area contributed by atoms with Gasteiger partial charge in [0, 0.05) is 16.7 Å². The second kappa shape index (κ2) is 6.25. The van der Waals surface area contributed by atoms with Crippen LogP contribution in [0.3, 0.4) is 0 Å². The highest BCUT2D eigenvalue weighted by Gasteiger charge is 2.33. The van der Waals surface area contributed by atoms with E-state index in [1.165, 1.54) is 12.8 Å². The predicted octanol–water partition coefficient (Wildman–Crippen LogP) is 3.92. The summed E-state index contributed by atoms with van der Waals surface area (Å²) in [5.74, 6) is -0.108. The van der Waals surface area contributed by atoms with E-state index in [1.54, 1.807) is 12.1 Å². The van der Waals surface area contributed by atoms with E-state index in [-0.39, 0.29) is 11.6 Å². The van der Waals surface area contributed by atoms with Crippen molar-refractivity contribution in [1.82, 2.24) is 0 Å². The Morgan fingerprint density at radius 2 is 1.43 bits per heavy atom. The average molecular weight is 284 g/mol. The summed E-state index contributed by atoms with van der Waals surface area (Å²) in [4.78, 5) is 24.6. The van der Waals surface area contributed by atoms with Gasteiger partial charge in [-0.05, 0) is 19.3 Å². The lowest BCUT2D eigenvalue weighted by atomic mass is 9.86. The zero-order valence-electron chi connectivity index (χ0n) is 12.2. The van der Waals surface area contributed by atoms with E-state index < -0.39 is 0 Å². The van der Waals surface area contributed by atoms with Gasteiger partial charge in [0.05, 0.1) is 6.61 Å². The van der Waals surface area contributed by atoms with Crippen molar-refractivity contribution in [3.05, 3.63) is 41.0 Å². The van der Waals surface area contributed by atoms with Gasteiger partial charge in [0.1, 0.15) is 5.76 Å². The first-order valence-electron chi connectivity index (χ1n) is 7.83. The van der Waals surface area contributed by atoms with Gasteiger partial charge in [0.2, 0.25) is 11.6 Å². The summed E-state index contributed by atoms with van der Waals surface area (Å²) >= 11 is 0. The van der Waals surface area contributed by atoms with E-state index in [4.69, 9.17) is 4.74 Å². The number of allylic oxidation sites excluding steroid dienone is 1. The van der Waals surface area contributed by atoms with Crippen molar-refractivity contribution >= 4 is 17.3 Å². The fourth-order valence-electron chi connectivity index (χ4n) is 3.08. The predicted molar refractivity (Wildman–Crippen MR) is 81.0 cm³/mol. The molecule has 2 aliphatic rings. The summed E-state index contributed by atoms with van der Waals surface area (Å²) in [5, 5.41) is 0. The second-order valence-electron chi connectivity index (χ2n) is 5.73. The van der Waals surface area contributed by atoms with Crippen LogP contribution in [0.2, 0.25) is 0 Å². The van der Waals surface area contributed by atoms with Crippen LogP contribution in [0.4, 0.5) is 0 Å². The van der Waals surface area contributed by atoms with Crippen LogP contribution in [-0.2, 0) is 9.53 Å². The number of hydrogen-bond acceptors (Lipinski definition) is 3. The Kier molecular flexibility index (Phi) is 4.18. The summed E-state index contributed by atoms with van der Waals surface area (Å²) in [6.45, 7) is 0.620. The Hall–Kier alpha value is -1.90. The number of carbonyl (C=O) groups excluding carboxylic acids is 2. The molecule has 110 valence electrons. The Morgan fingerprint density at radius 3 is 2.24 bits per heavy atom. The van der Waals surface area contributed by atoms with Crippen LogP contribution in [0.25, 0.3) is 5.76 Å². The van der Waals surface area contributed by atoms with Gasteiger partial charge in [-0.2, -0.15) is 0 Å². The van der Waals surface area contributed by atoms with Crippen molar-refractivity contribution in [2.24, 2.45) is 0 Å². The number of ether oxygens (including phenoxy) is 1. The van der Waals surface area contributed by atoms with Gasteiger partial charge < -0.3 is 4.74 Å². The Bertz CT molecular complexity index is 598. The molecule has 0 radical (unpaired) electrons. The van der Waals surface area contributed by atoms with E-state index in [9.17, 15) is 9.59 Å². The molecule has 0 atom stereocenters. The van der Waals surface area contributed by atoms with Gasteiger partial charge in [0.15, 0.2) is 0 Å². The molecule has 0 fully saturated rings. The van der Waals surface area contributed by atoms with Crippen LogP contribution in [0.5, 0.6) is 0 Å². The number of carbonyl (C=O) groups is 2. The standard InChI is InChI=1S/C18H20O3/c19-16-13-9-6-7-10-14(13)18-15(17(16)20)11-5-3-1-2-4-8-12-21-18/h6-7,9-10H,1-5,8,11-12H2. The van der Waals surface area contributed by atoms with Gasteiger partial charge in [-0.3, -0.25) is 9.59 Å². The lowest BCUT2D eigenvalue weighted by Crippen LogP contribution is -2.25. The maximum absolute atomic E-state index is 12.4. The van der Waals surface area contributed by atoms with Crippen LogP contribution in [0, 0.1) is 0 Å². The third kappa shape index (κ3) is 2.78. The van der Waals surface area contributed by atoms with Crippen molar-refractivity contribution in [1.29, 1.82) is 0 Å². The molecule has 1 aliphatic carbocycles. The average Bonchev–Trinajstić information content (AvgIpc) is 2.57. The molecule has 1 aromatic rings. The van der Waals surface area contributed by atoms with E-state index in [2.05, 4.69) is 0 Å². The molecule has 1 heterocycles. The Morgan fingerprint density at radius 1 is 0.762 bits per heavy atom. The number of ketones is 2. The van der Waals surface area contributed by atoms with Crippen molar-refractivity contribution in [3.8, 4) is 0 Å². The molecule has 1 aromatic carbocycles. The summed E-state index contributed by atoms with van der Waals surface area (Å²) in [6, 6.07) is 7.28. The maximum Gasteiger partial charge on any atom is 0.234 e. The Balaban J connectivity index is 2.02. The van der Waals surface area contributed by atoms with Gasteiger partial charge in [-0.15, -0.1) is 0 Å². The molecule has 3 nitrogen and oxygen atoms in total. The normalized spacial score (nSPS) is 20.2. The topological polar surface area (TPSA) is 43.4 Å². The molecule has 0 saturated carbocycles. The van der Waals surface area contributed by atoms with E-state index >= 15 is 0 Å². The van der Waals surface area contributed by atoms with E-state index in [0.29, 0.717) is 29.9 Å². The Labute approximate surface area is 125 Å². The molecule has 21 heavy (non-hydrogen) atoms. The first kappa shape index (κ1) is 14.1. The largest absolute Gasteiger partial charge is 0.493 e. The maximum atomic E-state index is 12.4. The molecule has 0 bridgehead atoms. The van der Waals surface area contributed by atoms with Crippen molar-refractivity contribution in [2.45, 2.75) is 44.9 Å². The highest BCUT2D eigenvalue weighted by atomic mass is 16.5. The van der Waals surface area contributed by atoms with Crippen molar-refractivity contribution in [3.63, 3.8) is 0 Å². The third-order valence-corrected chi connectivity index (χ3v) is 4.24. The summed E-state index contributed by atoms with van der Waals surface area (Å²) in [5.41, 5.74) is 1.85. The minimum atomic E-state index is -0.386. The number of Topliss-reactive ketones (excluding diaryl/α,β-unsaturated/α-hetero) is 2. The van der Waals surface area contributed by atoms with Crippen molar-refractivity contribution in [2.75, 3.05) is 6.61 Å². The van der Waals surface area contributed by atoms with Crippen LogP contribution in [-0.4, -0.2) is 18.2 Å². The zero-order valence-corrected chi connectivity index (χ0v) is 12.2.